The van der Waals surface area contributed by atoms with Crippen LogP contribution < -0.4 is 11.1 Å². The van der Waals surface area contributed by atoms with E-state index in [4.69, 9.17) is 17.3 Å². The first-order chi connectivity index (χ1) is 10.1. The summed E-state index contributed by atoms with van der Waals surface area (Å²) in [5, 5.41) is 3.88. The molecule has 1 aliphatic rings. The Morgan fingerprint density at radius 3 is 2.71 bits per heavy atom. The topological polar surface area (TPSA) is 55.1 Å². The highest BCUT2D eigenvalue weighted by molar-refractivity contribution is 6.30. The number of amides is 1. The lowest BCUT2D eigenvalue weighted by Gasteiger charge is -2.28. The minimum atomic E-state index is 0.128. The van der Waals surface area contributed by atoms with Gasteiger partial charge in [-0.1, -0.05) is 23.7 Å². The van der Waals surface area contributed by atoms with Crippen LogP contribution in [0.2, 0.25) is 5.02 Å². The van der Waals surface area contributed by atoms with E-state index in [0.717, 1.165) is 49.2 Å². The predicted octanol–water partition coefficient (Wildman–Crippen LogP) is 3.15. The van der Waals surface area contributed by atoms with E-state index in [1.54, 1.807) is 0 Å². The minimum absolute atomic E-state index is 0.128. The fraction of sp³-hybridized carbons (Fsp3) is 0.588. The summed E-state index contributed by atoms with van der Waals surface area (Å²) in [6.45, 7) is 2.80. The van der Waals surface area contributed by atoms with Gasteiger partial charge in [0.1, 0.15) is 0 Å². The summed E-state index contributed by atoms with van der Waals surface area (Å²) in [5.74, 6) is 0.965. The van der Waals surface area contributed by atoms with Crippen LogP contribution in [0.15, 0.2) is 24.3 Å². The summed E-state index contributed by atoms with van der Waals surface area (Å²) in [6, 6.07) is 7.94. The molecule has 3 N–H and O–H groups in total. The monoisotopic (exact) mass is 308 g/mol. The number of nitrogens with one attached hydrogen (secondary N) is 1. The number of carbonyl (C=O) groups is 1. The van der Waals surface area contributed by atoms with Gasteiger partial charge in [0.25, 0.3) is 0 Å². The van der Waals surface area contributed by atoms with E-state index in [-0.39, 0.29) is 17.9 Å². The van der Waals surface area contributed by atoms with Crippen molar-refractivity contribution in [1.29, 1.82) is 0 Å². The highest BCUT2D eigenvalue weighted by Gasteiger charge is 2.26. The van der Waals surface area contributed by atoms with Gasteiger partial charge in [0.15, 0.2) is 0 Å². The van der Waals surface area contributed by atoms with E-state index in [0.29, 0.717) is 5.92 Å². The van der Waals surface area contributed by atoms with Crippen molar-refractivity contribution in [1.82, 2.24) is 5.32 Å². The molecule has 116 valence electrons. The van der Waals surface area contributed by atoms with Crippen molar-refractivity contribution in [2.24, 2.45) is 17.6 Å². The lowest BCUT2D eigenvalue weighted by molar-refractivity contribution is -0.126. The molecular formula is C17H25ClN2O. The first-order valence-corrected chi connectivity index (χ1v) is 8.21. The summed E-state index contributed by atoms with van der Waals surface area (Å²) >= 11 is 5.99. The van der Waals surface area contributed by atoms with Crippen molar-refractivity contribution < 1.29 is 4.79 Å². The molecule has 1 atom stereocenters. The zero-order valence-electron chi connectivity index (χ0n) is 12.6. The number of benzene rings is 1. The van der Waals surface area contributed by atoms with Crippen LogP contribution in [-0.4, -0.2) is 18.5 Å². The quantitative estimate of drug-likeness (QED) is 0.878. The van der Waals surface area contributed by atoms with Crippen LogP contribution in [0, 0.1) is 11.8 Å². The average Bonchev–Trinajstić information content (AvgIpc) is 2.47. The molecule has 1 aromatic carbocycles. The average molecular weight is 309 g/mol. The fourth-order valence-corrected chi connectivity index (χ4v) is 3.30. The Labute approximate surface area is 132 Å². The van der Waals surface area contributed by atoms with Crippen molar-refractivity contribution in [3.05, 3.63) is 34.9 Å². The molecule has 1 fully saturated rings. The maximum Gasteiger partial charge on any atom is 0.223 e. The van der Waals surface area contributed by atoms with Gasteiger partial charge in [-0.15, -0.1) is 0 Å². The van der Waals surface area contributed by atoms with Crippen molar-refractivity contribution >= 4 is 17.5 Å². The number of nitrogens with two attached hydrogens (primary N) is 1. The second-order valence-electron chi connectivity index (χ2n) is 6.20. The van der Waals surface area contributed by atoms with E-state index in [1.807, 2.05) is 31.2 Å². The second kappa shape index (κ2) is 7.81. The molecule has 3 nitrogen and oxygen atoms in total. The molecule has 21 heavy (non-hydrogen) atoms. The van der Waals surface area contributed by atoms with E-state index in [1.165, 1.54) is 0 Å². The third-order valence-corrected chi connectivity index (χ3v) is 4.61. The Morgan fingerprint density at radius 1 is 1.38 bits per heavy atom. The van der Waals surface area contributed by atoms with Crippen molar-refractivity contribution in [2.75, 3.05) is 6.54 Å². The Morgan fingerprint density at radius 2 is 2.10 bits per heavy atom. The lowest BCUT2D eigenvalue weighted by Crippen LogP contribution is -2.40. The summed E-state index contributed by atoms with van der Waals surface area (Å²) in [4.78, 5) is 12.3. The Bertz CT molecular complexity index is 470. The van der Waals surface area contributed by atoms with Crippen LogP contribution in [-0.2, 0) is 11.2 Å². The van der Waals surface area contributed by atoms with Gasteiger partial charge in [-0.05, 0) is 69.2 Å². The molecule has 1 saturated carbocycles. The molecule has 1 aliphatic carbocycles. The number of hydrogen-bond donors (Lipinski definition) is 2. The van der Waals surface area contributed by atoms with Gasteiger partial charge in [0.05, 0.1) is 0 Å². The molecule has 0 aromatic heterocycles. The number of carbonyl (C=O) groups excluding carboxylic acids is 1. The first-order valence-electron chi connectivity index (χ1n) is 7.83. The Hall–Kier alpha value is -1.06. The van der Waals surface area contributed by atoms with Crippen molar-refractivity contribution in [3.8, 4) is 0 Å². The smallest absolute Gasteiger partial charge is 0.223 e. The highest BCUT2D eigenvalue weighted by atomic mass is 35.5. The van der Waals surface area contributed by atoms with Crippen LogP contribution in [0.3, 0.4) is 0 Å². The largest absolute Gasteiger partial charge is 0.353 e. The highest BCUT2D eigenvalue weighted by Crippen LogP contribution is 2.28. The Balaban J connectivity index is 1.79. The third-order valence-electron chi connectivity index (χ3n) is 4.37. The van der Waals surface area contributed by atoms with E-state index in [2.05, 4.69) is 5.32 Å². The predicted molar refractivity (Wildman–Crippen MR) is 87.3 cm³/mol. The van der Waals surface area contributed by atoms with Gasteiger partial charge in [-0.3, -0.25) is 4.79 Å². The standard InChI is InChI=1S/C17H25ClN2O/c1-12(9-14-3-2-4-16(18)10-14)20-17(21)15-7-5-13(11-19)6-8-15/h2-4,10,12-13,15H,5-9,11,19H2,1H3,(H,20,21). The van der Waals surface area contributed by atoms with Crippen LogP contribution in [0.5, 0.6) is 0 Å². The number of halogens is 1. The van der Waals surface area contributed by atoms with Crippen LogP contribution >= 0.6 is 11.6 Å². The molecule has 0 bridgehead atoms. The van der Waals surface area contributed by atoms with Crippen LogP contribution in [0.1, 0.15) is 38.2 Å². The molecule has 0 saturated heterocycles. The molecule has 2 rings (SSSR count). The Kier molecular flexibility index (Phi) is 6.07. The van der Waals surface area contributed by atoms with E-state index >= 15 is 0 Å². The molecule has 1 aromatic rings. The SMILES string of the molecule is CC(Cc1cccc(Cl)c1)NC(=O)C1CCC(CN)CC1. The van der Waals surface area contributed by atoms with Gasteiger partial charge in [-0.2, -0.15) is 0 Å². The zero-order valence-corrected chi connectivity index (χ0v) is 13.4. The summed E-state index contributed by atoms with van der Waals surface area (Å²) < 4.78 is 0. The maximum absolute atomic E-state index is 12.3. The molecule has 0 radical (unpaired) electrons. The van der Waals surface area contributed by atoms with Gasteiger partial charge in [0.2, 0.25) is 5.91 Å². The second-order valence-corrected chi connectivity index (χ2v) is 6.63. The van der Waals surface area contributed by atoms with E-state index in [9.17, 15) is 4.79 Å². The fourth-order valence-electron chi connectivity index (χ4n) is 3.09. The van der Waals surface area contributed by atoms with Crippen molar-refractivity contribution in [3.63, 3.8) is 0 Å². The first kappa shape index (κ1) is 16.3. The maximum atomic E-state index is 12.3. The van der Waals surface area contributed by atoms with Gasteiger partial charge in [0, 0.05) is 17.0 Å². The molecule has 0 aliphatic heterocycles. The molecule has 1 unspecified atom stereocenters. The van der Waals surface area contributed by atoms with Gasteiger partial charge >= 0.3 is 0 Å². The van der Waals surface area contributed by atoms with Crippen LogP contribution in [0.4, 0.5) is 0 Å². The molecular weight excluding hydrogens is 284 g/mol. The summed E-state index contributed by atoms with van der Waals surface area (Å²) in [6.07, 6.45) is 4.91. The van der Waals surface area contributed by atoms with Crippen LogP contribution in [0.25, 0.3) is 0 Å². The van der Waals surface area contributed by atoms with Gasteiger partial charge in [-0.25, -0.2) is 0 Å². The van der Waals surface area contributed by atoms with Crippen molar-refractivity contribution in [2.45, 2.75) is 45.1 Å². The van der Waals surface area contributed by atoms with E-state index < -0.39 is 0 Å². The molecule has 1 amide bonds. The normalized spacial score (nSPS) is 23.6. The summed E-state index contributed by atoms with van der Waals surface area (Å²) in [7, 11) is 0. The molecule has 0 heterocycles. The third kappa shape index (κ3) is 5.01. The summed E-state index contributed by atoms with van der Waals surface area (Å²) in [5.41, 5.74) is 6.85. The number of rotatable bonds is 5. The molecule has 4 heteroatoms. The van der Waals surface area contributed by atoms with Gasteiger partial charge < -0.3 is 11.1 Å². The number of hydrogen-bond acceptors (Lipinski definition) is 2. The lowest BCUT2D eigenvalue weighted by atomic mass is 9.81. The zero-order chi connectivity index (χ0) is 15.2. The molecule has 0 spiro atoms. The minimum Gasteiger partial charge on any atom is -0.353 e.